The molecule has 1 aromatic heterocycles. The van der Waals surface area contributed by atoms with Crippen molar-refractivity contribution in [1.82, 2.24) is 9.97 Å². The average molecular weight is 260 g/mol. The van der Waals surface area contributed by atoms with E-state index in [1.54, 1.807) is 0 Å². The second kappa shape index (κ2) is 4.62. The number of rotatable bonds is 1. The SMILES string of the molecule is Nc1ncc(C2CCC(C(F)(F)F)CC2)c(N)n1. The maximum Gasteiger partial charge on any atom is 0.391 e. The van der Waals surface area contributed by atoms with Gasteiger partial charge in [-0.05, 0) is 31.6 Å². The Morgan fingerprint density at radius 2 is 1.72 bits per heavy atom. The van der Waals surface area contributed by atoms with Crippen LogP contribution in [0.2, 0.25) is 0 Å². The topological polar surface area (TPSA) is 77.8 Å². The molecule has 18 heavy (non-hydrogen) atoms. The number of nitrogens with two attached hydrogens (primary N) is 2. The molecular formula is C11H15F3N4. The standard InChI is InChI=1S/C11H15F3N4/c12-11(13,14)7-3-1-6(2-4-7)8-5-17-10(16)18-9(8)15/h5-7H,1-4H2,(H4,15,16,17,18). The third kappa shape index (κ3) is 2.65. The summed E-state index contributed by atoms with van der Waals surface area (Å²) in [6.45, 7) is 0. The van der Waals surface area contributed by atoms with Gasteiger partial charge in [0.15, 0.2) is 0 Å². The molecule has 4 N–H and O–H groups in total. The van der Waals surface area contributed by atoms with Crippen molar-refractivity contribution < 1.29 is 13.2 Å². The Labute approximate surface area is 103 Å². The van der Waals surface area contributed by atoms with Gasteiger partial charge in [0.1, 0.15) is 5.82 Å². The van der Waals surface area contributed by atoms with Crippen LogP contribution >= 0.6 is 0 Å². The molecule has 2 rings (SSSR count). The number of alkyl halides is 3. The van der Waals surface area contributed by atoms with E-state index in [0.29, 0.717) is 18.4 Å². The zero-order chi connectivity index (χ0) is 13.3. The number of halogens is 3. The van der Waals surface area contributed by atoms with Crippen molar-refractivity contribution in [3.63, 3.8) is 0 Å². The van der Waals surface area contributed by atoms with Gasteiger partial charge in [0.25, 0.3) is 0 Å². The maximum absolute atomic E-state index is 12.5. The minimum atomic E-state index is -4.09. The van der Waals surface area contributed by atoms with Crippen LogP contribution in [0.25, 0.3) is 0 Å². The molecule has 0 aromatic carbocycles. The van der Waals surface area contributed by atoms with E-state index in [2.05, 4.69) is 9.97 Å². The highest BCUT2D eigenvalue weighted by atomic mass is 19.4. The molecule has 7 heteroatoms. The molecule has 0 unspecified atom stereocenters. The molecule has 4 nitrogen and oxygen atoms in total. The lowest BCUT2D eigenvalue weighted by Gasteiger charge is -2.30. The summed E-state index contributed by atoms with van der Waals surface area (Å²) in [5.41, 5.74) is 11.8. The molecule has 1 aromatic rings. The number of nitrogens with zero attached hydrogens (tertiary/aromatic N) is 2. The molecule has 1 aliphatic carbocycles. The van der Waals surface area contributed by atoms with Crippen LogP contribution in [0.4, 0.5) is 24.9 Å². The van der Waals surface area contributed by atoms with Crippen LogP contribution in [-0.2, 0) is 0 Å². The van der Waals surface area contributed by atoms with Crippen LogP contribution < -0.4 is 11.5 Å². The van der Waals surface area contributed by atoms with Gasteiger partial charge in [-0.25, -0.2) is 4.98 Å². The predicted molar refractivity (Wildman–Crippen MR) is 61.6 cm³/mol. The number of aromatic nitrogens is 2. The van der Waals surface area contributed by atoms with Gasteiger partial charge in [-0.15, -0.1) is 0 Å². The fourth-order valence-electron chi connectivity index (χ4n) is 2.46. The fraction of sp³-hybridized carbons (Fsp3) is 0.636. The van der Waals surface area contributed by atoms with Crippen LogP contribution in [0.1, 0.15) is 37.2 Å². The minimum Gasteiger partial charge on any atom is -0.383 e. The van der Waals surface area contributed by atoms with Crippen LogP contribution in [0.5, 0.6) is 0 Å². The third-order valence-corrected chi connectivity index (χ3v) is 3.50. The van der Waals surface area contributed by atoms with Gasteiger partial charge in [-0.3, -0.25) is 0 Å². The maximum atomic E-state index is 12.5. The summed E-state index contributed by atoms with van der Waals surface area (Å²) in [5, 5.41) is 0. The molecule has 0 radical (unpaired) electrons. The quantitative estimate of drug-likeness (QED) is 0.813. The molecule has 0 atom stereocenters. The highest BCUT2D eigenvalue weighted by Gasteiger charge is 2.41. The van der Waals surface area contributed by atoms with E-state index in [9.17, 15) is 13.2 Å². The highest BCUT2D eigenvalue weighted by molar-refractivity contribution is 5.43. The van der Waals surface area contributed by atoms with Crippen molar-refractivity contribution in [3.8, 4) is 0 Å². The lowest BCUT2D eigenvalue weighted by molar-refractivity contribution is -0.182. The molecule has 1 fully saturated rings. The minimum absolute atomic E-state index is 0.00389. The molecular weight excluding hydrogens is 245 g/mol. The van der Waals surface area contributed by atoms with Crippen molar-refractivity contribution in [3.05, 3.63) is 11.8 Å². The number of anilines is 2. The smallest absolute Gasteiger partial charge is 0.383 e. The van der Waals surface area contributed by atoms with Crippen LogP contribution in [0, 0.1) is 5.92 Å². The van der Waals surface area contributed by atoms with E-state index >= 15 is 0 Å². The monoisotopic (exact) mass is 260 g/mol. The van der Waals surface area contributed by atoms with Gasteiger partial charge in [-0.1, -0.05) is 0 Å². The highest BCUT2D eigenvalue weighted by Crippen LogP contribution is 2.43. The number of nitrogen functional groups attached to an aromatic ring is 2. The Morgan fingerprint density at radius 1 is 1.11 bits per heavy atom. The first-order valence-electron chi connectivity index (χ1n) is 5.82. The summed E-state index contributed by atoms with van der Waals surface area (Å²) in [7, 11) is 0. The van der Waals surface area contributed by atoms with Crippen molar-refractivity contribution in [2.75, 3.05) is 11.5 Å². The summed E-state index contributed by atoms with van der Waals surface area (Å²) in [6, 6.07) is 0. The van der Waals surface area contributed by atoms with E-state index in [1.807, 2.05) is 0 Å². The van der Waals surface area contributed by atoms with Crippen molar-refractivity contribution in [2.45, 2.75) is 37.8 Å². The van der Waals surface area contributed by atoms with Gasteiger partial charge >= 0.3 is 6.18 Å². The normalized spacial score (nSPS) is 25.1. The van der Waals surface area contributed by atoms with Gasteiger partial charge in [0, 0.05) is 11.8 Å². The van der Waals surface area contributed by atoms with E-state index in [0.717, 1.165) is 0 Å². The number of hydrogen-bond donors (Lipinski definition) is 2. The fourth-order valence-corrected chi connectivity index (χ4v) is 2.46. The molecule has 0 saturated heterocycles. The van der Waals surface area contributed by atoms with Crippen LogP contribution in [0.3, 0.4) is 0 Å². The van der Waals surface area contributed by atoms with Gasteiger partial charge in [0.05, 0.1) is 5.92 Å². The first-order chi connectivity index (χ1) is 8.38. The molecule has 1 saturated carbocycles. The van der Waals surface area contributed by atoms with E-state index in [4.69, 9.17) is 11.5 Å². The summed E-state index contributed by atoms with van der Waals surface area (Å²) in [5.74, 6) is -0.827. The Hall–Kier alpha value is -1.53. The zero-order valence-corrected chi connectivity index (χ0v) is 9.74. The first kappa shape index (κ1) is 12.9. The Morgan fingerprint density at radius 3 is 2.22 bits per heavy atom. The van der Waals surface area contributed by atoms with Gasteiger partial charge in [-0.2, -0.15) is 18.2 Å². The zero-order valence-electron chi connectivity index (χ0n) is 9.74. The lowest BCUT2D eigenvalue weighted by Crippen LogP contribution is -2.27. The van der Waals surface area contributed by atoms with E-state index < -0.39 is 12.1 Å². The molecule has 0 spiro atoms. The van der Waals surface area contributed by atoms with E-state index in [-0.39, 0.29) is 30.5 Å². The summed E-state index contributed by atoms with van der Waals surface area (Å²) < 4.78 is 37.6. The number of hydrogen-bond acceptors (Lipinski definition) is 4. The van der Waals surface area contributed by atoms with Crippen LogP contribution in [-0.4, -0.2) is 16.1 Å². The largest absolute Gasteiger partial charge is 0.391 e. The second-order valence-electron chi connectivity index (χ2n) is 4.66. The van der Waals surface area contributed by atoms with E-state index in [1.165, 1.54) is 6.20 Å². The molecule has 100 valence electrons. The second-order valence-corrected chi connectivity index (χ2v) is 4.66. The summed E-state index contributed by atoms with van der Waals surface area (Å²) >= 11 is 0. The molecule has 1 heterocycles. The van der Waals surface area contributed by atoms with Gasteiger partial charge < -0.3 is 11.5 Å². The molecule has 0 bridgehead atoms. The van der Waals surface area contributed by atoms with Crippen molar-refractivity contribution in [1.29, 1.82) is 0 Å². The van der Waals surface area contributed by atoms with Crippen molar-refractivity contribution >= 4 is 11.8 Å². The molecule has 0 aliphatic heterocycles. The lowest BCUT2D eigenvalue weighted by atomic mass is 9.79. The van der Waals surface area contributed by atoms with Crippen molar-refractivity contribution in [2.24, 2.45) is 5.92 Å². The Kier molecular flexibility index (Phi) is 3.32. The molecule has 0 amide bonds. The first-order valence-corrected chi connectivity index (χ1v) is 5.82. The predicted octanol–water partition coefficient (Wildman–Crippen LogP) is 2.48. The molecule has 1 aliphatic rings. The summed E-state index contributed by atoms with van der Waals surface area (Å²) in [6.07, 6.45) is -1.37. The Bertz CT molecular complexity index is 425. The average Bonchev–Trinajstić information content (AvgIpc) is 2.28. The summed E-state index contributed by atoms with van der Waals surface area (Å²) in [4.78, 5) is 7.69. The van der Waals surface area contributed by atoms with Gasteiger partial charge in [0.2, 0.25) is 5.95 Å². The third-order valence-electron chi connectivity index (χ3n) is 3.50. The Balaban J connectivity index is 2.06. The van der Waals surface area contributed by atoms with Crippen LogP contribution in [0.15, 0.2) is 6.20 Å².